The van der Waals surface area contributed by atoms with E-state index in [1.165, 1.54) is 0 Å². The van der Waals surface area contributed by atoms with Gasteiger partial charge in [-0.1, -0.05) is 20.8 Å². The van der Waals surface area contributed by atoms with Crippen LogP contribution >= 0.6 is 0 Å². The van der Waals surface area contributed by atoms with Crippen LogP contribution in [-0.2, 0) is 15.6 Å². The van der Waals surface area contributed by atoms with Crippen molar-refractivity contribution in [3.63, 3.8) is 0 Å². The van der Waals surface area contributed by atoms with Gasteiger partial charge in [-0.05, 0) is 18.3 Å². The van der Waals surface area contributed by atoms with Gasteiger partial charge in [0.15, 0.2) is 11.4 Å². The summed E-state index contributed by atoms with van der Waals surface area (Å²) in [5.41, 5.74) is -0.207. The van der Waals surface area contributed by atoms with E-state index in [0.717, 1.165) is 6.42 Å². The number of carbonyl (C=O) groups excluding carboxylic acids is 1. The minimum Gasteiger partial charge on any atom is -0.358 e. The number of nitriles is 2. The Balaban J connectivity index is 2.42. The minimum absolute atomic E-state index is 0.00326. The molecule has 22 heavy (non-hydrogen) atoms. The lowest BCUT2D eigenvalue weighted by Crippen LogP contribution is -2.50. The van der Waals surface area contributed by atoms with E-state index in [0.29, 0.717) is 17.8 Å². The summed E-state index contributed by atoms with van der Waals surface area (Å²) in [5, 5.41) is 21.2. The van der Waals surface area contributed by atoms with Crippen molar-refractivity contribution in [2.24, 2.45) is 5.41 Å². The number of fused-ring (bicyclic) bond motifs is 5. The molecule has 1 heterocycles. The Labute approximate surface area is 129 Å². The first-order valence-corrected chi connectivity index (χ1v) is 7.25. The average molecular weight is 295 g/mol. The van der Waals surface area contributed by atoms with Crippen LogP contribution in [0.5, 0.6) is 0 Å². The molecule has 0 saturated heterocycles. The van der Waals surface area contributed by atoms with E-state index in [-0.39, 0.29) is 28.1 Å². The van der Waals surface area contributed by atoms with Crippen molar-refractivity contribution in [3.05, 3.63) is 22.8 Å². The Kier molecular flexibility index (Phi) is 2.66. The van der Waals surface area contributed by atoms with Gasteiger partial charge in [0.25, 0.3) is 0 Å². The number of nitrogens with zero attached hydrogens (tertiary/aromatic N) is 4. The van der Waals surface area contributed by atoms with Crippen LogP contribution in [0.25, 0.3) is 0 Å². The topological polar surface area (TPSA) is 102 Å². The van der Waals surface area contributed by atoms with Crippen molar-refractivity contribution < 1.29 is 4.79 Å². The molecular weight excluding hydrogens is 278 g/mol. The van der Waals surface area contributed by atoms with E-state index in [1.807, 2.05) is 12.1 Å². The maximum atomic E-state index is 12.7. The fourth-order valence-electron chi connectivity index (χ4n) is 4.35. The predicted octanol–water partition coefficient (Wildman–Crippen LogP) is 1.30. The Bertz CT molecular complexity index is 785. The molecule has 2 aliphatic carbocycles. The third-order valence-electron chi connectivity index (χ3n) is 6.10. The molecule has 2 bridgehead atoms. The molecule has 6 heteroatoms. The first-order valence-electron chi connectivity index (χ1n) is 7.25. The molecule has 2 unspecified atom stereocenters. The van der Waals surface area contributed by atoms with Gasteiger partial charge in [0.1, 0.15) is 12.1 Å². The quantitative estimate of drug-likeness (QED) is 0.841. The van der Waals surface area contributed by atoms with Gasteiger partial charge in [0, 0.05) is 12.5 Å². The maximum Gasteiger partial charge on any atom is 0.232 e. The molecule has 112 valence electrons. The lowest BCUT2D eigenvalue weighted by atomic mass is 9.63. The van der Waals surface area contributed by atoms with Gasteiger partial charge in [0.05, 0.1) is 16.8 Å². The van der Waals surface area contributed by atoms with Gasteiger partial charge in [-0.25, -0.2) is 9.97 Å². The average Bonchev–Trinajstić information content (AvgIpc) is 2.81. The molecule has 1 saturated carbocycles. The number of aromatic nitrogens is 2. The summed E-state index contributed by atoms with van der Waals surface area (Å²) in [6, 6.07) is 3.86. The van der Waals surface area contributed by atoms with Gasteiger partial charge < -0.3 is 5.32 Å². The fraction of sp³-hybridized carbons (Fsp3) is 0.562. The van der Waals surface area contributed by atoms with Crippen LogP contribution in [0.4, 0.5) is 0 Å². The van der Waals surface area contributed by atoms with E-state index in [2.05, 4.69) is 36.1 Å². The van der Waals surface area contributed by atoms with Crippen molar-refractivity contribution in [2.45, 2.75) is 44.4 Å². The summed E-state index contributed by atoms with van der Waals surface area (Å²) in [6.07, 6.45) is 1.49. The van der Waals surface area contributed by atoms with Crippen LogP contribution in [-0.4, -0.2) is 22.9 Å². The molecular formula is C16H17N5O. The van der Waals surface area contributed by atoms with E-state index in [9.17, 15) is 15.3 Å². The number of likely N-dealkylation sites (N-methyl/N-ethyl adjacent to an activating group) is 1. The molecule has 6 nitrogen and oxygen atoms in total. The van der Waals surface area contributed by atoms with Crippen LogP contribution < -0.4 is 5.32 Å². The summed E-state index contributed by atoms with van der Waals surface area (Å²) in [5.74, 6) is -0.0946. The van der Waals surface area contributed by atoms with Gasteiger partial charge >= 0.3 is 0 Å². The molecule has 3 rings (SSSR count). The number of hydrogen-bond donors (Lipinski definition) is 1. The highest BCUT2D eigenvalue weighted by molar-refractivity contribution is 5.91. The number of hydrogen-bond acceptors (Lipinski definition) is 5. The van der Waals surface area contributed by atoms with Crippen LogP contribution in [0.1, 0.15) is 56.4 Å². The molecule has 0 spiro atoms. The van der Waals surface area contributed by atoms with Crippen LogP contribution in [0, 0.1) is 28.1 Å². The highest BCUT2D eigenvalue weighted by atomic mass is 16.2. The van der Waals surface area contributed by atoms with Gasteiger partial charge in [0.2, 0.25) is 5.91 Å². The number of carbonyl (C=O) groups is 1. The largest absolute Gasteiger partial charge is 0.358 e. The molecule has 0 radical (unpaired) electrons. The second-order valence-electron chi connectivity index (χ2n) is 6.78. The molecule has 1 aromatic rings. The summed E-state index contributed by atoms with van der Waals surface area (Å²) < 4.78 is 0. The Hall–Kier alpha value is -2.47. The number of amides is 1. The van der Waals surface area contributed by atoms with Gasteiger partial charge in [-0.15, -0.1) is 0 Å². The van der Waals surface area contributed by atoms with Crippen molar-refractivity contribution in [2.75, 3.05) is 7.05 Å². The van der Waals surface area contributed by atoms with Gasteiger partial charge in [-0.2, -0.15) is 10.5 Å². The minimum atomic E-state index is -0.793. The van der Waals surface area contributed by atoms with E-state index < -0.39 is 5.41 Å². The molecule has 1 fully saturated rings. The first-order chi connectivity index (χ1) is 10.3. The summed E-state index contributed by atoms with van der Waals surface area (Å²) in [4.78, 5) is 21.6. The zero-order chi connectivity index (χ0) is 16.3. The molecule has 1 N–H and O–H groups in total. The number of nitrogens with one attached hydrogen (secondary N) is 1. The summed E-state index contributed by atoms with van der Waals surface area (Å²) in [7, 11) is 1.61. The van der Waals surface area contributed by atoms with Crippen molar-refractivity contribution in [1.29, 1.82) is 10.5 Å². The normalized spacial score (nSPS) is 30.3. The summed E-state index contributed by atoms with van der Waals surface area (Å²) >= 11 is 0. The molecule has 0 aliphatic heterocycles. The fourth-order valence-corrected chi connectivity index (χ4v) is 4.35. The van der Waals surface area contributed by atoms with Crippen molar-refractivity contribution >= 4 is 5.91 Å². The third-order valence-corrected chi connectivity index (χ3v) is 6.10. The van der Waals surface area contributed by atoms with E-state index in [4.69, 9.17) is 0 Å². The van der Waals surface area contributed by atoms with Crippen molar-refractivity contribution in [3.8, 4) is 12.1 Å². The van der Waals surface area contributed by atoms with Gasteiger partial charge in [-0.3, -0.25) is 4.79 Å². The lowest BCUT2D eigenvalue weighted by molar-refractivity contribution is -0.129. The molecule has 1 amide bonds. The Morgan fingerprint density at radius 1 is 1.09 bits per heavy atom. The van der Waals surface area contributed by atoms with Crippen molar-refractivity contribution in [1.82, 2.24) is 15.3 Å². The van der Waals surface area contributed by atoms with Crippen LogP contribution in [0.15, 0.2) is 0 Å². The van der Waals surface area contributed by atoms with E-state index in [1.54, 1.807) is 7.05 Å². The standard InChI is InChI=1S/C16H17N5O/c1-14(2)15(3)5-6-16(14,13(22)19-4)12-11(15)20-9(7-17)10(8-18)21-12/h5-6H2,1-4H3,(H,19,22). The molecule has 2 atom stereocenters. The van der Waals surface area contributed by atoms with Crippen LogP contribution in [0.3, 0.4) is 0 Å². The second-order valence-corrected chi connectivity index (χ2v) is 6.78. The van der Waals surface area contributed by atoms with E-state index >= 15 is 0 Å². The number of rotatable bonds is 1. The Morgan fingerprint density at radius 2 is 1.64 bits per heavy atom. The maximum absolute atomic E-state index is 12.7. The van der Waals surface area contributed by atoms with Crippen LogP contribution in [0.2, 0.25) is 0 Å². The zero-order valence-electron chi connectivity index (χ0n) is 13.1. The molecule has 1 aromatic heterocycles. The molecule has 2 aliphatic rings. The monoisotopic (exact) mass is 295 g/mol. The zero-order valence-corrected chi connectivity index (χ0v) is 13.1. The smallest absolute Gasteiger partial charge is 0.232 e. The predicted molar refractivity (Wildman–Crippen MR) is 77.6 cm³/mol. The highest BCUT2D eigenvalue weighted by Gasteiger charge is 2.73. The Morgan fingerprint density at radius 3 is 2.14 bits per heavy atom. The summed E-state index contributed by atoms with van der Waals surface area (Å²) in [6.45, 7) is 6.18. The first kappa shape index (κ1) is 14.5. The second kappa shape index (κ2) is 4.04. The lowest BCUT2D eigenvalue weighted by Gasteiger charge is -2.39. The highest BCUT2D eigenvalue weighted by Crippen LogP contribution is 2.69. The SMILES string of the molecule is CNC(=O)C12CCC(C)(c3nc(C#N)c(C#N)nc31)C2(C)C. The molecule has 0 aromatic carbocycles. The third kappa shape index (κ3) is 1.23.